The zero-order valence-corrected chi connectivity index (χ0v) is 11.7. The summed E-state index contributed by atoms with van der Waals surface area (Å²) in [5.41, 5.74) is 4.80. The lowest BCUT2D eigenvalue weighted by Crippen LogP contribution is -2.54. The number of hydrogen-bond donors (Lipinski definition) is 2. The molecule has 0 radical (unpaired) electrons. The summed E-state index contributed by atoms with van der Waals surface area (Å²) in [6.45, 7) is 7.55. The summed E-state index contributed by atoms with van der Waals surface area (Å²) in [6.07, 6.45) is 2.90. The maximum atomic E-state index is 11.5. The topological polar surface area (TPSA) is 73.6 Å². The van der Waals surface area contributed by atoms with E-state index < -0.39 is 5.54 Å². The van der Waals surface area contributed by atoms with E-state index in [1.54, 1.807) is 0 Å². The summed E-state index contributed by atoms with van der Waals surface area (Å²) in [6, 6.07) is 0.448. The minimum Gasteiger partial charge on any atom is -0.379 e. The van der Waals surface area contributed by atoms with Gasteiger partial charge < -0.3 is 20.5 Å². The van der Waals surface area contributed by atoms with E-state index in [9.17, 15) is 4.79 Å². The molecule has 0 bridgehead atoms. The summed E-state index contributed by atoms with van der Waals surface area (Å²) in [5.74, 6) is -0.310. The molecule has 2 unspecified atom stereocenters. The normalized spacial score (nSPS) is 20.4. The third kappa shape index (κ3) is 5.33. The molecule has 106 valence electrons. The standard InChI is InChI=1S/C13H26N2O3/c1-4-17-9-10(2)18-8-7-13(3,12(14)16)15-11-5-6-11/h10-11,15H,4-9H2,1-3H3,(H2,14,16). The molecule has 1 amide bonds. The SMILES string of the molecule is CCOCC(C)OCCC(C)(NC1CC1)C(N)=O. The molecule has 3 N–H and O–H groups in total. The smallest absolute Gasteiger partial charge is 0.237 e. The van der Waals surface area contributed by atoms with Crippen molar-refractivity contribution in [3.63, 3.8) is 0 Å². The third-order valence-corrected chi connectivity index (χ3v) is 3.20. The molecule has 0 aliphatic heterocycles. The molecule has 0 aromatic rings. The fourth-order valence-electron chi connectivity index (χ4n) is 1.74. The Labute approximate surface area is 109 Å². The second-order valence-electron chi connectivity index (χ2n) is 5.21. The van der Waals surface area contributed by atoms with Crippen LogP contribution in [0.15, 0.2) is 0 Å². The summed E-state index contributed by atoms with van der Waals surface area (Å²) >= 11 is 0. The zero-order valence-electron chi connectivity index (χ0n) is 11.7. The molecule has 0 saturated heterocycles. The van der Waals surface area contributed by atoms with Gasteiger partial charge in [-0.3, -0.25) is 4.79 Å². The van der Waals surface area contributed by atoms with E-state index in [-0.39, 0.29) is 12.0 Å². The number of ether oxygens (including phenoxy) is 2. The van der Waals surface area contributed by atoms with Crippen molar-refractivity contribution in [2.24, 2.45) is 5.73 Å². The van der Waals surface area contributed by atoms with Crippen LogP contribution >= 0.6 is 0 Å². The van der Waals surface area contributed by atoms with Gasteiger partial charge in [0.25, 0.3) is 0 Å². The Hall–Kier alpha value is -0.650. The van der Waals surface area contributed by atoms with Gasteiger partial charge in [0.1, 0.15) is 0 Å². The summed E-state index contributed by atoms with van der Waals surface area (Å²) in [5, 5.41) is 3.30. The summed E-state index contributed by atoms with van der Waals surface area (Å²) in [4.78, 5) is 11.5. The van der Waals surface area contributed by atoms with Gasteiger partial charge in [-0.15, -0.1) is 0 Å². The fourth-order valence-corrected chi connectivity index (χ4v) is 1.74. The Bertz CT molecular complexity index is 269. The van der Waals surface area contributed by atoms with Crippen LogP contribution in [0.3, 0.4) is 0 Å². The fraction of sp³-hybridized carbons (Fsp3) is 0.923. The van der Waals surface area contributed by atoms with Crippen LogP contribution in [-0.2, 0) is 14.3 Å². The molecule has 1 aliphatic rings. The van der Waals surface area contributed by atoms with Crippen molar-refractivity contribution in [2.45, 2.75) is 57.7 Å². The van der Waals surface area contributed by atoms with Gasteiger partial charge in [-0.25, -0.2) is 0 Å². The molecule has 0 heterocycles. The number of amides is 1. The van der Waals surface area contributed by atoms with Crippen LogP contribution in [0.5, 0.6) is 0 Å². The van der Waals surface area contributed by atoms with E-state index >= 15 is 0 Å². The monoisotopic (exact) mass is 258 g/mol. The number of nitrogens with two attached hydrogens (primary N) is 1. The first-order chi connectivity index (χ1) is 8.48. The molecule has 1 aliphatic carbocycles. The van der Waals surface area contributed by atoms with Crippen molar-refractivity contribution in [2.75, 3.05) is 19.8 Å². The Kier molecular flexibility index (Phi) is 6.05. The van der Waals surface area contributed by atoms with Gasteiger partial charge in [-0.05, 0) is 40.0 Å². The second-order valence-corrected chi connectivity index (χ2v) is 5.21. The average Bonchev–Trinajstić information content (AvgIpc) is 3.09. The predicted molar refractivity (Wildman–Crippen MR) is 70.3 cm³/mol. The quantitative estimate of drug-likeness (QED) is 0.608. The van der Waals surface area contributed by atoms with Crippen LogP contribution in [0.4, 0.5) is 0 Å². The first kappa shape index (κ1) is 15.4. The van der Waals surface area contributed by atoms with Crippen LogP contribution in [0, 0.1) is 0 Å². The van der Waals surface area contributed by atoms with Gasteiger partial charge in [0.05, 0.1) is 18.2 Å². The van der Waals surface area contributed by atoms with Crippen molar-refractivity contribution >= 4 is 5.91 Å². The third-order valence-electron chi connectivity index (χ3n) is 3.20. The highest BCUT2D eigenvalue weighted by molar-refractivity contribution is 5.84. The highest BCUT2D eigenvalue weighted by Crippen LogP contribution is 2.24. The first-order valence-electron chi connectivity index (χ1n) is 6.75. The predicted octanol–water partition coefficient (Wildman–Crippen LogP) is 0.814. The molecule has 18 heavy (non-hydrogen) atoms. The van der Waals surface area contributed by atoms with E-state index in [4.69, 9.17) is 15.2 Å². The summed E-state index contributed by atoms with van der Waals surface area (Å²) in [7, 11) is 0. The highest BCUT2D eigenvalue weighted by Gasteiger charge is 2.36. The molecule has 5 nitrogen and oxygen atoms in total. The van der Waals surface area contributed by atoms with Crippen LogP contribution in [0.25, 0.3) is 0 Å². The molecule has 2 atom stereocenters. The van der Waals surface area contributed by atoms with Crippen LogP contribution in [0.2, 0.25) is 0 Å². The second kappa shape index (κ2) is 7.07. The van der Waals surface area contributed by atoms with Crippen molar-refractivity contribution in [3.8, 4) is 0 Å². The average molecular weight is 258 g/mol. The molecule has 1 saturated carbocycles. The van der Waals surface area contributed by atoms with Crippen molar-refractivity contribution in [1.29, 1.82) is 0 Å². The van der Waals surface area contributed by atoms with Gasteiger partial charge in [-0.2, -0.15) is 0 Å². The van der Waals surface area contributed by atoms with E-state index in [0.29, 0.717) is 32.3 Å². The number of rotatable bonds is 10. The maximum Gasteiger partial charge on any atom is 0.237 e. The van der Waals surface area contributed by atoms with E-state index in [0.717, 1.165) is 12.8 Å². The lowest BCUT2D eigenvalue weighted by molar-refractivity contribution is -0.125. The molecule has 1 rings (SSSR count). The number of carbonyl (C=O) groups excluding carboxylic acids is 1. The van der Waals surface area contributed by atoms with Gasteiger partial charge in [0.2, 0.25) is 5.91 Å². The Morgan fingerprint density at radius 3 is 2.72 bits per heavy atom. The van der Waals surface area contributed by atoms with Gasteiger partial charge >= 0.3 is 0 Å². The Balaban J connectivity index is 2.26. The summed E-state index contributed by atoms with van der Waals surface area (Å²) < 4.78 is 10.9. The van der Waals surface area contributed by atoms with Gasteiger partial charge in [-0.1, -0.05) is 0 Å². The first-order valence-corrected chi connectivity index (χ1v) is 6.75. The minimum absolute atomic E-state index is 0.0444. The van der Waals surface area contributed by atoms with Crippen LogP contribution in [-0.4, -0.2) is 43.4 Å². The Morgan fingerprint density at radius 2 is 2.22 bits per heavy atom. The van der Waals surface area contributed by atoms with Gasteiger partial charge in [0, 0.05) is 19.3 Å². The minimum atomic E-state index is -0.660. The van der Waals surface area contributed by atoms with Crippen molar-refractivity contribution < 1.29 is 14.3 Å². The van der Waals surface area contributed by atoms with Crippen LogP contribution < -0.4 is 11.1 Å². The molecule has 1 fully saturated rings. The number of primary amides is 1. The van der Waals surface area contributed by atoms with Crippen molar-refractivity contribution in [1.82, 2.24) is 5.32 Å². The number of carbonyl (C=O) groups is 1. The highest BCUT2D eigenvalue weighted by atomic mass is 16.5. The van der Waals surface area contributed by atoms with E-state index in [1.807, 2.05) is 20.8 Å². The largest absolute Gasteiger partial charge is 0.379 e. The number of nitrogens with one attached hydrogen (secondary N) is 1. The lowest BCUT2D eigenvalue weighted by Gasteiger charge is -2.28. The molecule has 0 spiro atoms. The number of hydrogen-bond acceptors (Lipinski definition) is 4. The molecule has 5 heteroatoms. The maximum absolute atomic E-state index is 11.5. The lowest BCUT2D eigenvalue weighted by atomic mass is 9.97. The zero-order chi connectivity index (χ0) is 13.6. The molecule has 0 aromatic carbocycles. The van der Waals surface area contributed by atoms with Crippen molar-refractivity contribution in [3.05, 3.63) is 0 Å². The molecular weight excluding hydrogens is 232 g/mol. The van der Waals surface area contributed by atoms with Gasteiger partial charge in [0.15, 0.2) is 0 Å². The van der Waals surface area contributed by atoms with E-state index in [1.165, 1.54) is 0 Å². The van der Waals surface area contributed by atoms with Crippen LogP contribution in [0.1, 0.15) is 40.0 Å². The van der Waals surface area contributed by atoms with E-state index in [2.05, 4.69) is 5.32 Å². The Morgan fingerprint density at radius 1 is 1.56 bits per heavy atom. The molecular formula is C13H26N2O3. The molecule has 0 aromatic heterocycles.